The van der Waals surface area contributed by atoms with Gasteiger partial charge in [-0.2, -0.15) is 0 Å². The van der Waals surface area contributed by atoms with Crippen molar-refractivity contribution in [3.05, 3.63) is 77.9 Å². The summed E-state index contributed by atoms with van der Waals surface area (Å²) in [6.45, 7) is 0. The molecule has 0 unspecified atom stereocenters. The summed E-state index contributed by atoms with van der Waals surface area (Å²) >= 11 is 0. The van der Waals surface area contributed by atoms with E-state index in [1.54, 1.807) is 21.3 Å². The Morgan fingerprint density at radius 1 is 0.577 bits per heavy atom. The third-order valence-corrected chi connectivity index (χ3v) is 4.06. The van der Waals surface area contributed by atoms with Crippen molar-refractivity contribution in [2.75, 3.05) is 21.3 Å². The Kier molecular flexibility index (Phi) is 5.46. The number of hydrogen-bond donors (Lipinski definition) is 0. The van der Waals surface area contributed by atoms with Crippen molar-refractivity contribution in [3.63, 3.8) is 0 Å². The number of ether oxygens (including phenoxy) is 3. The lowest BCUT2D eigenvalue weighted by Crippen LogP contribution is -1.89. The Bertz CT molecular complexity index is 930. The predicted molar refractivity (Wildman–Crippen MR) is 104 cm³/mol. The topological polar surface area (TPSA) is 27.7 Å². The lowest BCUT2D eigenvalue weighted by atomic mass is 9.99. The SMILES string of the molecule is COc1ccc(C#Cc2cc(OC)ccc2-c2ccc(OC)cc2)cc1. The molecule has 0 bridgehead atoms. The van der Waals surface area contributed by atoms with Gasteiger partial charge in [0.1, 0.15) is 17.2 Å². The smallest absolute Gasteiger partial charge is 0.120 e. The van der Waals surface area contributed by atoms with Crippen molar-refractivity contribution in [1.82, 2.24) is 0 Å². The van der Waals surface area contributed by atoms with Gasteiger partial charge in [-0.15, -0.1) is 0 Å². The highest BCUT2D eigenvalue weighted by Gasteiger charge is 2.06. The van der Waals surface area contributed by atoms with Crippen molar-refractivity contribution in [2.24, 2.45) is 0 Å². The van der Waals surface area contributed by atoms with Crippen LogP contribution in [0.5, 0.6) is 17.2 Å². The summed E-state index contributed by atoms with van der Waals surface area (Å²) in [5.41, 5.74) is 3.96. The molecule has 0 fully saturated rings. The van der Waals surface area contributed by atoms with Gasteiger partial charge in [-0.3, -0.25) is 0 Å². The second kappa shape index (κ2) is 8.13. The van der Waals surface area contributed by atoms with Gasteiger partial charge < -0.3 is 14.2 Å². The van der Waals surface area contributed by atoms with Gasteiger partial charge >= 0.3 is 0 Å². The van der Waals surface area contributed by atoms with Crippen molar-refractivity contribution >= 4 is 0 Å². The molecule has 0 spiro atoms. The lowest BCUT2D eigenvalue weighted by Gasteiger charge is -2.08. The Balaban J connectivity index is 2.00. The molecule has 130 valence electrons. The van der Waals surface area contributed by atoms with Crippen LogP contribution in [0.4, 0.5) is 0 Å². The van der Waals surface area contributed by atoms with E-state index in [-0.39, 0.29) is 0 Å². The fourth-order valence-electron chi connectivity index (χ4n) is 2.59. The molecule has 3 nitrogen and oxygen atoms in total. The molecule has 26 heavy (non-hydrogen) atoms. The van der Waals surface area contributed by atoms with Crippen LogP contribution >= 0.6 is 0 Å². The normalized spacial score (nSPS) is 9.81. The third kappa shape index (κ3) is 3.99. The summed E-state index contributed by atoms with van der Waals surface area (Å²) in [4.78, 5) is 0. The largest absolute Gasteiger partial charge is 0.497 e. The first-order valence-corrected chi connectivity index (χ1v) is 8.22. The zero-order chi connectivity index (χ0) is 18.4. The van der Waals surface area contributed by atoms with E-state index in [1.807, 2.05) is 66.7 Å². The van der Waals surface area contributed by atoms with E-state index in [1.165, 1.54) is 0 Å². The highest BCUT2D eigenvalue weighted by atomic mass is 16.5. The minimum Gasteiger partial charge on any atom is -0.497 e. The summed E-state index contributed by atoms with van der Waals surface area (Å²) < 4.78 is 15.8. The van der Waals surface area contributed by atoms with E-state index in [4.69, 9.17) is 14.2 Å². The van der Waals surface area contributed by atoms with E-state index in [0.29, 0.717) is 0 Å². The van der Waals surface area contributed by atoms with E-state index in [0.717, 1.165) is 39.5 Å². The Hall–Kier alpha value is -3.38. The molecule has 3 heteroatoms. The van der Waals surface area contributed by atoms with Crippen LogP contribution in [0, 0.1) is 11.8 Å². The fourth-order valence-corrected chi connectivity index (χ4v) is 2.59. The second-order valence-electron chi connectivity index (χ2n) is 5.62. The molecule has 0 radical (unpaired) electrons. The number of hydrogen-bond acceptors (Lipinski definition) is 3. The van der Waals surface area contributed by atoms with E-state index >= 15 is 0 Å². The van der Waals surface area contributed by atoms with Gasteiger partial charge in [-0.25, -0.2) is 0 Å². The van der Waals surface area contributed by atoms with E-state index in [2.05, 4.69) is 11.8 Å². The average molecular weight is 344 g/mol. The maximum atomic E-state index is 5.36. The monoisotopic (exact) mass is 344 g/mol. The number of methoxy groups -OCH3 is 3. The van der Waals surface area contributed by atoms with Crippen molar-refractivity contribution in [2.45, 2.75) is 0 Å². The molecule has 0 aromatic heterocycles. The van der Waals surface area contributed by atoms with Gasteiger partial charge in [0.15, 0.2) is 0 Å². The Morgan fingerprint density at radius 3 is 1.69 bits per heavy atom. The van der Waals surface area contributed by atoms with Crippen LogP contribution in [-0.2, 0) is 0 Å². The molecule has 0 heterocycles. The van der Waals surface area contributed by atoms with Crippen molar-refractivity contribution < 1.29 is 14.2 Å². The molecular formula is C23H20O3. The van der Waals surface area contributed by atoms with Crippen LogP contribution in [-0.4, -0.2) is 21.3 Å². The molecule has 0 aliphatic rings. The van der Waals surface area contributed by atoms with E-state index < -0.39 is 0 Å². The van der Waals surface area contributed by atoms with Crippen molar-refractivity contribution in [3.8, 4) is 40.2 Å². The summed E-state index contributed by atoms with van der Waals surface area (Å²) in [6.07, 6.45) is 0. The van der Waals surface area contributed by atoms with Crippen LogP contribution in [0.2, 0.25) is 0 Å². The molecule has 0 amide bonds. The highest BCUT2D eigenvalue weighted by Crippen LogP contribution is 2.28. The molecular weight excluding hydrogens is 324 g/mol. The summed E-state index contributed by atoms with van der Waals surface area (Å²) in [5, 5.41) is 0. The Labute approximate surface area is 154 Å². The van der Waals surface area contributed by atoms with Gasteiger partial charge in [0.2, 0.25) is 0 Å². The molecule has 0 saturated heterocycles. The second-order valence-corrected chi connectivity index (χ2v) is 5.62. The maximum Gasteiger partial charge on any atom is 0.120 e. The van der Waals surface area contributed by atoms with Gasteiger partial charge in [-0.1, -0.05) is 24.0 Å². The first-order chi connectivity index (χ1) is 12.7. The summed E-state index contributed by atoms with van der Waals surface area (Å²) in [6, 6.07) is 21.6. The molecule has 0 saturated carbocycles. The van der Waals surface area contributed by atoms with Gasteiger partial charge in [-0.05, 0) is 65.7 Å². The number of rotatable bonds is 4. The standard InChI is InChI=1S/C23H20O3/c1-24-20-10-5-17(6-11-20)4-7-19-16-22(26-3)14-15-23(19)18-8-12-21(25-2)13-9-18/h5-6,8-16H,1-3H3. The third-order valence-electron chi connectivity index (χ3n) is 4.06. The molecule has 3 aromatic carbocycles. The molecule has 3 aromatic rings. The minimum absolute atomic E-state index is 0.779. The quantitative estimate of drug-likeness (QED) is 0.638. The van der Waals surface area contributed by atoms with Crippen LogP contribution in [0.15, 0.2) is 66.7 Å². The van der Waals surface area contributed by atoms with Crippen LogP contribution in [0.3, 0.4) is 0 Å². The zero-order valence-corrected chi connectivity index (χ0v) is 15.1. The van der Waals surface area contributed by atoms with Gasteiger partial charge in [0.25, 0.3) is 0 Å². The van der Waals surface area contributed by atoms with Crippen LogP contribution < -0.4 is 14.2 Å². The van der Waals surface area contributed by atoms with E-state index in [9.17, 15) is 0 Å². The molecule has 0 aliphatic heterocycles. The fraction of sp³-hybridized carbons (Fsp3) is 0.130. The first kappa shape index (κ1) is 17.4. The maximum absolute atomic E-state index is 5.36. The zero-order valence-electron chi connectivity index (χ0n) is 15.1. The molecule has 0 N–H and O–H groups in total. The first-order valence-electron chi connectivity index (χ1n) is 8.22. The molecule has 3 rings (SSSR count). The minimum atomic E-state index is 0.779. The predicted octanol–water partition coefficient (Wildman–Crippen LogP) is 4.78. The van der Waals surface area contributed by atoms with Crippen molar-refractivity contribution in [1.29, 1.82) is 0 Å². The van der Waals surface area contributed by atoms with Crippen LogP contribution in [0.25, 0.3) is 11.1 Å². The molecule has 0 aliphatic carbocycles. The average Bonchev–Trinajstić information content (AvgIpc) is 2.72. The Morgan fingerprint density at radius 2 is 1.12 bits per heavy atom. The summed E-state index contributed by atoms with van der Waals surface area (Å²) in [7, 11) is 4.97. The number of benzene rings is 3. The molecule has 0 atom stereocenters. The highest BCUT2D eigenvalue weighted by molar-refractivity contribution is 5.73. The van der Waals surface area contributed by atoms with Gasteiger partial charge in [0, 0.05) is 11.1 Å². The van der Waals surface area contributed by atoms with Crippen LogP contribution in [0.1, 0.15) is 11.1 Å². The summed E-state index contributed by atoms with van der Waals surface area (Å²) in [5.74, 6) is 8.90. The lowest BCUT2D eigenvalue weighted by molar-refractivity contribution is 0.414. The van der Waals surface area contributed by atoms with Gasteiger partial charge in [0.05, 0.1) is 21.3 Å².